The molecule has 2 rings (SSSR count). The van der Waals surface area contributed by atoms with Gasteiger partial charge in [0.05, 0.1) is 5.56 Å². The Morgan fingerprint density at radius 3 is 1.81 bits per heavy atom. The molecule has 26 heavy (non-hydrogen) atoms. The summed E-state index contributed by atoms with van der Waals surface area (Å²) >= 11 is 0. The number of carbonyl (C=O) groups excluding carboxylic acids is 1. The third-order valence-corrected chi connectivity index (χ3v) is 4.34. The van der Waals surface area contributed by atoms with Crippen molar-refractivity contribution < 1.29 is 14.7 Å². The number of aromatic carboxylic acids is 1. The lowest BCUT2D eigenvalue weighted by Crippen LogP contribution is -2.21. The molecule has 0 atom stereocenters. The molecule has 1 amide bonds. The van der Waals surface area contributed by atoms with Crippen molar-refractivity contribution >= 4 is 17.6 Å². The van der Waals surface area contributed by atoms with Crippen LogP contribution in [0.3, 0.4) is 0 Å². The van der Waals surface area contributed by atoms with Crippen LogP contribution in [0.25, 0.3) is 0 Å². The van der Waals surface area contributed by atoms with Gasteiger partial charge in [0, 0.05) is 11.3 Å². The lowest BCUT2D eigenvalue weighted by molar-refractivity contribution is 0.0696. The van der Waals surface area contributed by atoms with E-state index >= 15 is 0 Å². The molecule has 0 heterocycles. The van der Waals surface area contributed by atoms with Crippen LogP contribution in [0.2, 0.25) is 0 Å². The second-order valence-electron chi connectivity index (χ2n) is 8.60. The van der Waals surface area contributed by atoms with Gasteiger partial charge in [-0.25, -0.2) is 4.79 Å². The van der Waals surface area contributed by atoms with Crippen LogP contribution in [0.4, 0.5) is 5.69 Å². The Morgan fingerprint density at radius 2 is 1.35 bits per heavy atom. The SMILES string of the molecule is CC(C)(C)c1ccc(NC(=O)c2ccc(C(=O)O)cc2)c(C(C)(C)C)c1. The molecule has 0 saturated heterocycles. The topological polar surface area (TPSA) is 66.4 Å². The van der Waals surface area contributed by atoms with Crippen molar-refractivity contribution in [1.82, 2.24) is 0 Å². The highest BCUT2D eigenvalue weighted by molar-refractivity contribution is 6.05. The Labute approximate surface area is 155 Å². The van der Waals surface area contributed by atoms with E-state index in [9.17, 15) is 9.59 Å². The Hall–Kier alpha value is -2.62. The van der Waals surface area contributed by atoms with Gasteiger partial charge in [0.2, 0.25) is 0 Å². The molecule has 0 bridgehead atoms. The standard InChI is InChI=1S/C22H27NO3/c1-21(2,3)16-11-12-18(17(13-16)22(4,5)6)23-19(24)14-7-9-15(10-8-14)20(25)26/h7-13H,1-6H3,(H,23,24)(H,25,26). The molecule has 0 radical (unpaired) electrons. The van der Waals surface area contributed by atoms with Gasteiger partial charge in [-0.2, -0.15) is 0 Å². The average Bonchev–Trinajstić information content (AvgIpc) is 2.53. The van der Waals surface area contributed by atoms with E-state index in [4.69, 9.17) is 5.11 Å². The number of hydrogen-bond acceptors (Lipinski definition) is 2. The second kappa shape index (κ2) is 6.94. The first-order valence-corrected chi connectivity index (χ1v) is 8.69. The molecule has 2 N–H and O–H groups in total. The molecule has 2 aromatic carbocycles. The van der Waals surface area contributed by atoms with Crippen LogP contribution >= 0.6 is 0 Å². The largest absolute Gasteiger partial charge is 0.478 e. The van der Waals surface area contributed by atoms with Gasteiger partial charge in [0.1, 0.15) is 0 Å². The van der Waals surface area contributed by atoms with Crippen LogP contribution in [0.1, 0.15) is 73.4 Å². The van der Waals surface area contributed by atoms with Crippen LogP contribution in [-0.2, 0) is 10.8 Å². The summed E-state index contributed by atoms with van der Waals surface area (Å²) in [6, 6.07) is 12.1. The van der Waals surface area contributed by atoms with E-state index in [-0.39, 0.29) is 22.3 Å². The number of amides is 1. The molecule has 0 aliphatic heterocycles. The second-order valence-corrected chi connectivity index (χ2v) is 8.60. The van der Waals surface area contributed by atoms with E-state index < -0.39 is 5.97 Å². The molecular weight excluding hydrogens is 326 g/mol. The number of anilines is 1. The molecular formula is C22H27NO3. The molecule has 4 heteroatoms. The molecule has 138 valence electrons. The van der Waals surface area contributed by atoms with E-state index in [0.717, 1.165) is 11.3 Å². The molecule has 0 aliphatic carbocycles. The van der Waals surface area contributed by atoms with Crippen molar-refractivity contribution in [1.29, 1.82) is 0 Å². The Morgan fingerprint density at radius 1 is 0.808 bits per heavy atom. The highest BCUT2D eigenvalue weighted by Gasteiger charge is 2.23. The van der Waals surface area contributed by atoms with E-state index in [1.165, 1.54) is 29.8 Å². The van der Waals surface area contributed by atoms with Gasteiger partial charge in [-0.15, -0.1) is 0 Å². The summed E-state index contributed by atoms with van der Waals surface area (Å²) in [6.07, 6.45) is 0. The van der Waals surface area contributed by atoms with Crippen molar-refractivity contribution in [3.63, 3.8) is 0 Å². The summed E-state index contributed by atoms with van der Waals surface area (Å²) in [4.78, 5) is 23.5. The van der Waals surface area contributed by atoms with Gasteiger partial charge in [-0.05, 0) is 52.3 Å². The van der Waals surface area contributed by atoms with Gasteiger partial charge in [-0.3, -0.25) is 4.79 Å². The van der Waals surface area contributed by atoms with E-state index in [1.807, 2.05) is 12.1 Å². The van der Waals surface area contributed by atoms with Crippen molar-refractivity contribution in [2.45, 2.75) is 52.4 Å². The average molecular weight is 353 g/mol. The summed E-state index contributed by atoms with van der Waals surface area (Å²) in [5.41, 5.74) is 3.54. The zero-order valence-corrected chi connectivity index (χ0v) is 16.3. The fourth-order valence-corrected chi connectivity index (χ4v) is 2.70. The summed E-state index contributed by atoms with van der Waals surface area (Å²) in [5.74, 6) is -1.26. The zero-order chi connectivity index (χ0) is 19.7. The molecule has 0 unspecified atom stereocenters. The first-order valence-electron chi connectivity index (χ1n) is 8.69. The molecule has 0 saturated carbocycles. The first kappa shape index (κ1) is 19.7. The third kappa shape index (κ3) is 4.51. The van der Waals surface area contributed by atoms with Gasteiger partial charge < -0.3 is 10.4 Å². The predicted octanol–water partition coefficient (Wildman–Crippen LogP) is 5.23. The van der Waals surface area contributed by atoms with Gasteiger partial charge >= 0.3 is 5.97 Å². The number of benzene rings is 2. The number of carboxylic acids is 1. The normalized spacial score (nSPS) is 11.9. The fourth-order valence-electron chi connectivity index (χ4n) is 2.70. The molecule has 0 fully saturated rings. The smallest absolute Gasteiger partial charge is 0.335 e. The minimum atomic E-state index is -1.01. The summed E-state index contributed by atoms with van der Waals surface area (Å²) in [5, 5.41) is 11.9. The van der Waals surface area contributed by atoms with Crippen molar-refractivity contribution in [2.75, 3.05) is 5.32 Å². The fraction of sp³-hybridized carbons (Fsp3) is 0.364. The molecule has 2 aromatic rings. The molecule has 4 nitrogen and oxygen atoms in total. The number of nitrogens with one attached hydrogen (secondary N) is 1. The number of hydrogen-bond donors (Lipinski definition) is 2. The van der Waals surface area contributed by atoms with Crippen LogP contribution in [-0.4, -0.2) is 17.0 Å². The van der Waals surface area contributed by atoms with Crippen LogP contribution in [0, 0.1) is 0 Å². The van der Waals surface area contributed by atoms with E-state index in [1.54, 1.807) is 0 Å². The van der Waals surface area contributed by atoms with Crippen molar-refractivity contribution in [3.8, 4) is 0 Å². The van der Waals surface area contributed by atoms with E-state index in [2.05, 4.69) is 52.9 Å². The zero-order valence-electron chi connectivity index (χ0n) is 16.3. The molecule has 0 spiro atoms. The molecule has 0 aromatic heterocycles. The van der Waals surface area contributed by atoms with Crippen molar-refractivity contribution in [2.24, 2.45) is 0 Å². The summed E-state index contributed by atoms with van der Waals surface area (Å²) in [6.45, 7) is 12.8. The lowest BCUT2D eigenvalue weighted by atomic mass is 9.80. The predicted molar refractivity (Wildman–Crippen MR) is 105 cm³/mol. The number of rotatable bonds is 3. The monoisotopic (exact) mass is 353 g/mol. The third-order valence-electron chi connectivity index (χ3n) is 4.34. The van der Waals surface area contributed by atoms with Crippen LogP contribution < -0.4 is 5.32 Å². The van der Waals surface area contributed by atoms with Crippen molar-refractivity contribution in [3.05, 3.63) is 64.7 Å². The minimum absolute atomic E-state index is 0.0230. The maximum absolute atomic E-state index is 12.6. The van der Waals surface area contributed by atoms with Crippen LogP contribution in [0.5, 0.6) is 0 Å². The Balaban J connectivity index is 2.36. The van der Waals surface area contributed by atoms with Gasteiger partial charge in [-0.1, -0.05) is 53.7 Å². The van der Waals surface area contributed by atoms with E-state index in [0.29, 0.717) is 5.56 Å². The van der Waals surface area contributed by atoms with Gasteiger partial charge in [0.25, 0.3) is 5.91 Å². The minimum Gasteiger partial charge on any atom is -0.478 e. The Bertz CT molecular complexity index is 822. The number of carbonyl (C=O) groups is 2. The number of carboxylic acid groups (broad SMARTS) is 1. The highest BCUT2D eigenvalue weighted by Crippen LogP contribution is 2.34. The summed E-state index contributed by atoms with van der Waals surface area (Å²) < 4.78 is 0. The van der Waals surface area contributed by atoms with Gasteiger partial charge in [0.15, 0.2) is 0 Å². The highest BCUT2D eigenvalue weighted by atomic mass is 16.4. The maximum Gasteiger partial charge on any atom is 0.335 e. The maximum atomic E-state index is 12.6. The summed E-state index contributed by atoms with van der Waals surface area (Å²) in [7, 11) is 0. The first-order chi connectivity index (χ1) is 11.9. The lowest BCUT2D eigenvalue weighted by Gasteiger charge is -2.27. The Kier molecular flexibility index (Phi) is 5.26. The quantitative estimate of drug-likeness (QED) is 0.794. The molecule has 0 aliphatic rings. The van der Waals surface area contributed by atoms with Crippen LogP contribution in [0.15, 0.2) is 42.5 Å².